The van der Waals surface area contributed by atoms with E-state index in [1.165, 1.54) is 19.3 Å². The minimum absolute atomic E-state index is 0.178. The van der Waals surface area contributed by atoms with Gasteiger partial charge in [-0.2, -0.15) is 11.8 Å². The number of amides is 1. The summed E-state index contributed by atoms with van der Waals surface area (Å²) >= 11 is 1.93. The molecule has 0 radical (unpaired) electrons. The lowest BCUT2D eigenvalue weighted by Crippen LogP contribution is -2.39. The molecule has 2 aliphatic rings. The van der Waals surface area contributed by atoms with Crippen LogP contribution in [-0.4, -0.2) is 40.9 Å². The van der Waals surface area contributed by atoms with Crippen molar-refractivity contribution in [3.63, 3.8) is 0 Å². The lowest BCUT2D eigenvalue weighted by atomic mass is 10.2. The standard InChI is InChI=1S/C10H18N2OS/c1-14-8-3-2-7(6-8)12-5-4-9(11)10(12)13/h7-9H,2-6,11H2,1H3. The summed E-state index contributed by atoms with van der Waals surface area (Å²) in [5.41, 5.74) is 5.71. The van der Waals surface area contributed by atoms with Crippen molar-refractivity contribution in [3.8, 4) is 0 Å². The highest BCUT2D eigenvalue weighted by Gasteiger charge is 2.37. The Morgan fingerprint density at radius 3 is 2.71 bits per heavy atom. The Kier molecular flexibility index (Phi) is 3.02. The summed E-state index contributed by atoms with van der Waals surface area (Å²) in [6, 6.07) is 0.261. The van der Waals surface area contributed by atoms with Crippen LogP contribution in [0.4, 0.5) is 0 Å². The Balaban J connectivity index is 1.94. The van der Waals surface area contributed by atoms with Crippen molar-refractivity contribution in [1.82, 2.24) is 4.90 Å². The number of nitrogens with two attached hydrogens (primary N) is 1. The van der Waals surface area contributed by atoms with Crippen molar-refractivity contribution in [2.45, 2.75) is 43.0 Å². The van der Waals surface area contributed by atoms with E-state index in [1.54, 1.807) is 0 Å². The molecule has 2 fully saturated rings. The molecule has 0 bridgehead atoms. The van der Waals surface area contributed by atoms with Gasteiger partial charge in [0.15, 0.2) is 0 Å². The molecule has 3 unspecified atom stereocenters. The lowest BCUT2D eigenvalue weighted by molar-refractivity contribution is -0.130. The predicted octanol–water partition coefficient (Wildman–Crippen LogP) is 0.830. The molecule has 1 saturated heterocycles. The minimum atomic E-state index is -0.219. The summed E-state index contributed by atoms with van der Waals surface area (Å²) in [5, 5.41) is 0.754. The molecular formula is C10H18N2OS. The second-order valence-corrected chi connectivity index (χ2v) is 5.39. The van der Waals surface area contributed by atoms with Crippen LogP contribution >= 0.6 is 11.8 Å². The van der Waals surface area contributed by atoms with Gasteiger partial charge in [0.1, 0.15) is 0 Å². The smallest absolute Gasteiger partial charge is 0.239 e. The third kappa shape index (κ3) is 1.77. The van der Waals surface area contributed by atoms with Crippen molar-refractivity contribution in [1.29, 1.82) is 0 Å². The van der Waals surface area contributed by atoms with E-state index < -0.39 is 0 Å². The third-order valence-corrected chi connectivity index (χ3v) is 4.51. The highest BCUT2D eigenvalue weighted by atomic mass is 32.2. The first-order valence-corrected chi connectivity index (χ1v) is 6.60. The van der Waals surface area contributed by atoms with E-state index in [4.69, 9.17) is 5.73 Å². The maximum atomic E-state index is 11.7. The fraction of sp³-hybridized carbons (Fsp3) is 0.900. The molecule has 3 nitrogen and oxygen atoms in total. The lowest BCUT2D eigenvalue weighted by Gasteiger charge is -2.24. The van der Waals surface area contributed by atoms with Gasteiger partial charge in [0, 0.05) is 17.8 Å². The van der Waals surface area contributed by atoms with Crippen LogP contribution in [0, 0.1) is 0 Å². The van der Waals surface area contributed by atoms with E-state index in [9.17, 15) is 4.79 Å². The largest absolute Gasteiger partial charge is 0.338 e. The summed E-state index contributed by atoms with van der Waals surface area (Å²) in [5.74, 6) is 0.178. The molecule has 3 atom stereocenters. The van der Waals surface area contributed by atoms with Crippen molar-refractivity contribution in [2.75, 3.05) is 12.8 Å². The van der Waals surface area contributed by atoms with Gasteiger partial charge >= 0.3 is 0 Å². The molecule has 0 aromatic carbocycles. The first kappa shape index (κ1) is 10.3. The monoisotopic (exact) mass is 214 g/mol. The molecule has 4 heteroatoms. The van der Waals surface area contributed by atoms with Gasteiger partial charge in [0.05, 0.1) is 6.04 Å². The Hall–Kier alpha value is -0.220. The van der Waals surface area contributed by atoms with E-state index in [0.29, 0.717) is 6.04 Å². The molecular weight excluding hydrogens is 196 g/mol. The molecule has 80 valence electrons. The molecule has 14 heavy (non-hydrogen) atoms. The van der Waals surface area contributed by atoms with Gasteiger partial charge in [0.2, 0.25) is 5.91 Å². The van der Waals surface area contributed by atoms with Crippen LogP contribution in [0.5, 0.6) is 0 Å². The Morgan fingerprint density at radius 2 is 2.21 bits per heavy atom. The molecule has 1 heterocycles. The summed E-state index contributed by atoms with van der Waals surface area (Å²) in [7, 11) is 0. The van der Waals surface area contributed by atoms with Gasteiger partial charge in [-0.1, -0.05) is 0 Å². The zero-order valence-corrected chi connectivity index (χ0v) is 9.43. The van der Waals surface area contributed by atoms with Gasteiger partial charge in [-0.15, -0.1) is 0 Å². The van der Waals surface area contributed by atoms with Crippen molar-refractivity contribution < 1.29 is 4.79 Å². The van der Waals surface area contributed by atoms with E-state index in [0.717, 1.165) is 18.2 Å². The second kappa shape index (κ2) is 4.11. The molecule has 1 aliphatic carbocycles. The fourth-order valence-corrected chi connectivity index (χ4v) is 3.29. The first-order valence-electron chi connectivity index (χ1n) is 5.31. The normalized spacial score (nSPS) is 38.3. The number of hydrogen-bond acceptors (Lipinski definition) is 3. The van der Waals surface area contributed by atoms with E-state index >= 15 is 0 Å². The minimum Gasteiger partial charge on any atom is -0.338 e. The number of thioether (sulfide) groups is 1. The Bertz CT molecular complexity index is 234. The molecule has 1 aliphatic heterocycles. The topological polar surface area (TPSA) is 46.3 Å². The van der Waals surface area contributed by atoms with E-state index in [1.807, 2.05) is 16.7 Å². The quantitative estimate of drug-likeness (QED) is 0.740. The van der Waals surface area contributed by atoms with Crippen LogP contribution in [0.25, 0.3) is 0 Å². The summed E-state index contributed by atoms with van der Waals surface area (Å²) in [4.78, 5) is 13.7. The zero-order valence-electron chi connectivity index (χ0n) is 8.61. The molecule has 1 amide bonds. The van der Waals surface area contributed by atoms with Crippen LogP contribution in [0.2, 0.25) is 0 Å². The molecule has 2 rings (SSSR count). The Morgan fingerprint density at radius 1 is 1.43 bits per heavy atom. The number of rotatable bonds is 2. The second-order valence-electron chi connectivity index (χ2n) is 4.25. The number of hydrogen-bond donors (Lipinski definition) is 1. The third-order valence-electron chi connectivity index (χ3n) is 3.41. The van der Waals surface area contributed by atoms with Crippen LogP contribution in [0.3, 0.4) is 0 Å². The maximum Gasteiger partial charge on any atom is 0.239 e. The van der Waals surface area contributed by atoms with Crippen molar-refractivity contribution >= 4 is 17.7 Å². The molecule has 0 aromatic heterocycles. The predicted molar refractivity (Wildman–Crippen MR) is 59.2 cm³/mol. The number of likely N-dealkylation sites (tertiary alicyclic amines) is 1. The highest BCUT2D eigenvalue weighted by Crippen LogP contribution is 2.33. The van der Waals surface area contributed by atoms with Crippen LogP contribution in [0.1, 0.15) is 25.7 Å². The van der Waals surface area contributed by atoms with Crippen LogP contribution < -0.4 is 5.73 Å². The van der Waals surface area contributed by atoms with Gasteiger partial charge in [0.25, 0.3) is 0 Å². The molecule has 0 aromatic rings. The van der Waals surface area contributed by atoms with Crippen molar-refractivity contribution in [3.05, 3.63) is 0 Å². The molecule has 0 spiro atoms. The number of carbonyl (C=O) groups is 1. The SMILES string of the molecule is CSC1CCC(N2CCC(N)C2=O)C1. The Labute approximate surface area is 89.4 Å². The van der Waals surface area contributed by atoms with Crippen LogP contribution in [0.15, 0.2) is 0 Å². The summed E-state index contributed by atoms with van der Waals surface area (Å²) < 4.78 is 0. The van der Waals surface area contributed by atoms with E-state index in [2.05, 4.69) is 6.26 Å². The van der Waals surface area contributed by atoms with Gasteiger partial charge in [-0.25, -0.2) is 0 Å². The zero-order chi connectivity index (χ0) is 10.1. The summed E-state index contributed by atoms with van der Waals surface area (Å²) in [6.45, 7) is 0.881. The summed E-state index contributed by atoms with van der Waals surface area (Å²) in [6.07, 6.45) is 6.60. The fourth-order valence-electron chi connectivity index (χ4n) is 2.50. The number of carbonyl (C=O) groups excluding carboxylic acids is 1. The van der Waals surface area contributed by atoms with Gasteiger partial charge in [-0.05, 0) is 31.9 Å². The van der Waals surface area contributed by atoms with Gasteiger partial charge in [-0.3, -0.25) is 4.79 Å². The van der Waals surface area contributed by atoms with Crippen LogP contribution in [-0.2, 0) is 4.79 Å². The highest BCUT2D eigenvalue weighted by molar-refractivity contribution is 7.99. The van der Waals surface area contributed by atoms with E-state index in [-0.39, 0.29) is 11.9 Å². The molecule has 2 N–H and O–H groups in total. The first-order chi connectivity index (χ1) is 6.72. The molecule has 1 saturated carbocycles. The average molecular weight is 214 g/mol. The van der Waals surface area contributed by atoms with Crippen molar-refractivity contribution in [2.24, 2.45) is 5.73 Å². The average Bonchev–Trinajstić information content (AvgIpc) is 2.75. The van der Waals surface area contributed by atoms with Gasteiger partial charge < -0.3 is 10.6 Å². The maximum absolute atomic E-state index is 11.7. The number of nitrogens with zero attached hydrogens (tertiary/aromatic N) is 1.